The second-order valence-corrected chi connectivity index (χ2v) is 7.57. The summed E-state index contributed by atoms with van der Waals surface area (Å²) in [7, 11) is 0. The first-order valence-electron chi connectivity index (χ1n) is 8.44. The van der Waals surface area contributed by atoms with Crippen LogP contribution in [0.4, 0.5) is 0 Å². The van der Waals surface area contributed by atoms with Gasteiger partial charge in [-0.05, 0) is 69.3 Å². The van der Waals surface area contributed by atoms with Crippen LogP contribution < -0.4 is 4.74 Å². The smallest absolute Gasteiger partial charge is 0.137 e. The SMILES string of the molecule is CCOc1cncc(C(O)C23CC4CC(CC(C4)C2)C3)c1. The van der Waals surface area contributed by atoms with Crippen LogP contribution in [0, 0.1) is 23.2 Å². The van der Waals surface area contributed by atoms with Gasteiger partial charge in [-0.3, -0.25) is 4.98 Å². The Morgan fingerprint density at radius 3 is 2.38 bits per heavy atom. The van der Waals surface area contributed by atoms with E-state index in [1.54, 1.807) is 6.20 Å². The molecule has 0 aromatic carbocycles. The van der Waals surface area contributed by atoms with Crippen LogP contribution in [0.2, 0.25) is 0 Å². The molecule has 4 fully saturated rings. The highest BCUT2D eigenvalue weighted by molar-refractivity contribution is 5.27. The molecule has 0 spiro atoms. The van der Waals surface area contributed by atoms with Gasteiger partial charge in [-0.1, -0.05) is 0 Å². The monoisotopic (exact) mass is 287 g/mol. The molecule has 1 heterocycles. The number of rotatable bonds is 4. The lowest BCUT2D eigenvalue weighted by atomic mass is 9.48. The van der Waals surface area contributed by atoms with E-state index in [4.69, 9.17) is 4.74 Å². The molecule has 5 rings (SSSR count). The Kier molecular flexibility index (Phi) is 3.21. The van der Waals surface area contributed by atoms with E-state index in [1.165, 1.54) is 38.5 Å². The average Bonchev–Trinajstić information content (AvgIpc) is 2.46. The van der Waals surface area contributed by atoms with Gasteiger partial charge in [0.1, 0.15) is 5.75 Å². The zero-order chi connectivity index (χ0) is 14.4. The van der Waals surface area contributed by atoms with Gasteiger partial charge in [0, 0.05) is 17.2 Å². The number of ether oxygens (including phenoxy) is 1. The van der Waals surface area contributed by atoms with Gasteiger partial charge in [0.15, 0.2) is 0 Å². The quantitative estimate of drug-likeness (QED) is 0.917. The predicted octanol–water partition coefficient (Wildman–Crippen LogP) is 3.73. The van der Waals surface area contributed by atoms with E-state index in [-0.39, 0.29) is 11.5 Å². The Labute approximate surface area is 126 Å². The van der Waals surface area contributed by atoms with Crippen LogP contribution in [-0.4, -0.2) is 16.7 Å². The lowest BCUT2D eigenvalue weighted by Crippen LogP contribution is -2.48. The van der Waals surface area contributed by atoms with Crippen LogP contribution in [-0.2, 0) is 0 Å². The van der Waals surface area contributed by atoms with Crippen molar-refractivity contribution in [1.29, 1.82) is 0 Å². The summed E-state index contributed by atoms with van der Waals surface area (Å²) < 4.78 is 5.54. The maximum absolute atomic E-state index is 11.1. The molecule has 0 radical (unpaired) electrons. The van der Waals surface area contributed by atoms with E-state index in [2.05, 4.69) is 4.98 Å². The molecule has 21 heavy (non-hydrogen) atoms. The minimum Gasteiger partial charge on any atom is -0.492 e. The maximum Gasteiger partial charge on any atom is 0.137 e. The number of aromatic nitrogens is 1. The van der Waals surface area contributed by atoms with E-state index in [1.807, 2.05) is 19.2 Å². The minimum atomic E-state index is -0.376. The van der Waals surface area contributed by atoms with Gasteiger partial charge in [0.05, 0.1) is 18.9 Å². The first-order valence-corrected chi connectivity index (χ1v) is 8.44. The summed E-state index contributed by atoms with van der Waals surface area (Å²) in [6, 6.07) is 1.99. The Morgan fingerprint density at radius 1 is 1.19 bits per heavy atom. The Bertz CT molecular complexity index is 492. The molecule has 1 aromatic heterocycles. The summed E-state index contributed by atoms with van der Waals surface area (Å²) in [5.41, 5.74) is 1.06. The summed E-state index contributed by atoms with van der Waals surface area (Å²) in [4.78, 5) is 4.27. The number of aliphatic hydroxyl groups excluding tert-OH is 1. The fraction of sp³-hybridized carbons (Fsp3) is 0.722. The minimum absolute atomic E-state index is 0.112. The molecule has 1 unspecified atom stereocenters. The summed E-state index contributed by atoms with van der Waals surface area (Å²) in [5, 5.41) is 11.1. The topological polar surface area (TPSA) is 42.4 Å². The number of pyridine rings is 1. The summed E-state index contributed by atoms with van der Waals surface area (Å²) in [6.45, 7) is 2.61. The van der Waals surface area contributed by atoms with E-state index >= 15 is 0 Å². The number of hydrogen-bond acceptors (Lipinski definition) is 3. The Balaban J connectivity index is 1.62. The van der Waals surface area contributed by atoms with Crippen LogP contribution in [0.25, 0.3) is 0 Å². The highest BCUT2D eigenvalue weighted by Gasteiger charge is 2.54. The normalized spacial score (nSPS) is 38.5. The Hall–Kier alpha value is -1.09. The van der Waals surface area contributed by atoms with Crippen molar-refractivity contribution >= 4 is 0 Å². The largest absolute Gasteiger partial charge is 0.492 e. The molecule has 3 heteroatoms. The highest BCUT2D eigenvalue weighted by atomic mass is 16.5. The van der Waals surface area contributed by atoms with Gasteiger partial charge in [0.2, 0.25) is 0 Å². The zero-order valence-corrected chi connectivity index (χ0v) is 12.8. The molecule has 4 saturated carbocycles. The molecule has 1 N–H and O–H groups in total. The van der Waals surface area contributed by atoms with E-state index in [0.29, 0.717) is 6.61 Å². The molecule has 0 amide bonds. The molecule has 4 aliphatic carbocycles. The zero-order valence-electron chi connectivity index (χ0n) is 12.8. The first kappa shape index (κ1) is 13.6. The van der Waals surface area contributed by atoms with Gasteiger partial charge in [-0.2, -0.15) is 0 Å². The average molecular weight is 287 g/mol. The maximum atomic E-state index is 11.1. The van der Waals surface area contributed by atoms with Crippen LogP contribution in [0.3, 0.4) is 0 Å². The molecule has 0 aliphatic heterocycles. The third kappa shape index (κ3) is 2.26. The van der Waals surface area contributed by atoms with Crippen LogP contribution in [0.5, 0.6) is 5.75 Å². The van der Waals surface area contributed by atoms with Crippen LogP contribution in [0.1, 0.15) is 57.1 Å². The summed E-state index contributed by atoms with van der Waals surface area (Å²) >= 11 is 0. The molecular weight excluding hydrogens is 262 g/mol. The van der Waals surface area contributed by atoms with Crippen molar-refractivity contribution in [2.45, 2.75) is 51.6 Å². The van der Waals surface area contributed by atoms with Crippen molar-refractivity contribution in [2.24, 2.45) is 23.2 Å². The van der Waals surface area contributed by atoms with Gasteiger partial charge >= 0.3 is 0 Å². The fourth-order valence-electron chi connectivity index (χ4n) is 5.70. The molecular formula is C18H25NO2. The third-order valence-corrected chi connectivity index (χ3v) is 6.03. The second kappa shape index (κ2) is 4.98. The van der Waals surface area contributed by atoms with Gasteiger partial charge in [-0.15, -0.1) is 0 Å². The lowest BCUT2D eigenvalue weighted by molar-refractivity contribution is -0.122. The van der Waals surface area contributed by atoms with Gasteiger partial charge < -0.3 is 9.84 Å². The van der Waals surface area contributed by atoms with Gasteiger partial charge in [0.25, 0.3) is 0 Å². The molecule has 4 bridgehead atoms. The van der Waals surface area contributed by atoms with Crippen molar-refractivity contribution in [2.75, 3.05) is 6.61 Å². The molecule has 1 atom stereocenters. The van der Waals surface area contributed by atoms with Crippen LogP contribution >= 0.6 is 0 Å². The fourth-order valence-corrected chi connectivity index (χ4v) is 5.70. The van der Waals surface area contributed by atoms with E-state index < -0.39 is 0 Å². The predicted molar refractivity (Wildman–Crippen MR) is 81.0 cm³/mol. The number of nitrogens with zero attached hydrogens (tertiary/aromatic N) is 1. The molecule has 114 valence electrons. The number of aliphatic hydroxyl groups is 1. The number of hydrogen-bond donors (Lipinski definition) is 1. The Morgan fingerprint density at radius 2 is 1.81 bits per heavy atom. The third-order valence-electron chi connectivity index (χ3n) is 6.03. The first-order chi connectivity index (χ1) is 10.2. The van der Waals surface area contributed by atoms with Crippen molar-refractivity contribution in [3.8, 4) is 5.75 Å². The molecule has 1 aromatic rings. The standard InChI is InChI=1S/C18H25NO2/c1-2-21-16-6-15(10-19-11-16)17(20)18-7-12-3-13(8-18)5-14(4-12)9-18/h6,10-14,17,20H,2-5,7-9H2,1H3. The lowest BCUT2D eigenvalue weighted by Gasteiger charge is -2.58. The van der Waals surface area contributed by atoms with Crippen molar-refractivity contribution < 1.29 is 9.84 Å². The van der Waals surface area contributed by atoms with Crippen LogP contribution in [0.15, 0.2) is 18.5 Å². The molecule has 4 aliphatic rings. The summed E-state index contributed by atoms with van der Waals surface area (Å²) in [6.07, 6.45) is 11.0. The van der Waals surface area contributed by atoms with Crippen molar-refractivity contribution in [3.05, 3.63) is 24.0 Å². The van der Waals surface area contributed by atoms with Gasteiger partial charge in [-0.25, -0.2) is 0 Å². The van der Waals surface area contributed by atoms with E-state index in [0.717, 1.165) is 29.1 Å². The molecule has 3 nitrogen and oxygen atoms in total. The van der Waals surface area contributed by atoms with Crippen molar-refractivity contribution in [3.63, 3.8) is 0 Å². The highest BCUT2D eigenvalue weighted by Crippen LogP contribution is 2.64. The summed E-state index contributed by atoms with van der Waals surface area (Å²) in [5.74, 6) is 3.34. The second-order valence-electron chi connectivity index (χ2n) is 7.57. The van der Waals surface area contributed by atoms with Crippen molar-refractivity contribution in [1.82, 2.24) is 4.98 Å². The molecule has 0 saturated heterocycles. The van der Waals surface area contributed by atoms with E-state index in [9.17, 15) is 5.11 Å².